The molecule has 0 bridgehead atoms. The minimum atomic E-state index is -4.68. The minimum absolute atomic E-state index is 0. The second-order valence-electron chi connectivity index (χ2n) is 28.9. The summed E-state index contributed by atoms with van der Waals surface area (Å²) in [5, 5.41) is 16.6. The maximum Gasteiger partial charge on any atom is 1.00 e. The fourth-order valence-corrected chi connectivity index (χ4v) is 10.1. The van der Waals surface area contributed by atoms with Crippen LogP contribution in [0.25, 0.3) is 0 Å². The van der Waals surface area contributed by atoms with Crippen LogP contribution in [-0.2, 0) is 82.5 Å². The number of halogens is 6. The quantitative estimate of drug-likeness (QED) is 0.0415. The number of anilines is 4. The van der Waals surface area contributed by atoms with Gasteiger partial charge in [-0.3, -0.25) is 39.4 Å². The van der Waals surface area contributed by atoms with Gasteiger partial charge in [0, 0.05) is 26.2 Å². The number of carbonyl (C=O) groups excluding carboxylic acids is 5. The van der Waals surface area contributed by atoms with E-state index in [2.05, 4.69) is 39.3 Å². The van der Waals surface area contributed by atoms with Gasteiger partial charge >= 0.3 is 168 Å². The molecule has 102 heavy (non-hydrogen) atoms. The SMILES string of the molecule is CC(C)(C)OC(=O)N1CCCc2nc(C=N[S@@](=O)C(C)(C)C)ccc21.CC(C)(C)OC(=O)N1CCCc2nc(C=O)ccc21.CC(C)(C)OC(=O)N1CCCc2nc([C@H](N[S@@](=O)C(C)(C)C)C(F)(F)F)ccc21.CC(C)(C)[S@@](N)=O.N[C@@H](c1ccc2c(n1)CCCN2)C(F)(F)F.O=CO[O-].[Cs+].[Cs+].[H-]. The number of aldehydes is 1. The number of fused-ring (bicyclic) bond motifs is 4. The molecule has 0 saturated heterocycles. The standard InChI is InChI=1S/C19H28F3N3O3S.C18H27N3O3S.C14H18N2O3.C10H12F3N3.C4H11NOS.CH2O3.2Cs.H/c1-17(2,3)28-16(26)25-11-7-8-12-14(25)10-9-13(23-12)15(19(20,21)22)24-29(27)18(4,5)6;1-17(2,3)24-16(22)21-11-7-8-14-15(21)10-9-13(20-14)12-19-25(23)18(4,5)6;1-14(2,3)19-13(18)16-8-4-5-11-12(16)7-6-10(9-17)15-11;11-10(12,13)9(14)8-4-3-6-7(16-8)2-1-5-15-6;1-4(2,3)7(5)6;2-1-4-3;;;/h9-10,15,24H,7-8,11H2,1-6H3;9-10,12H,7-8,11H2,1-6H3;6-7,9H,4-5,8H2,1-3H3;3-4,9,15H,1-2,5,14H2;5H2,1-3H3;1,3H;;;/q;;;;;;2*+1;-1/p-1/t15-,29-;25-;;9-;7-;;;;/m00.00..../s1. The van der Waals surface area contributed by atoms with Crippen molar-refractivity contribution in [2.45, 2.75) is 231 Å². The Balaban J connectivity index is 0.00000129. The largest absolute Gasteiger partial charge is 1.00 e. The summed E-state index contributed by atoms with van der Waals surface area (Å²) >= 11 is 0. The molecule has 0 saturated carbocycles. The molecule has 4 aliphatic rings. The van der Waals surface area contributed by atoms with Gasteiger partial charge < -0.3 is 36.8 Å². The monoisotopic (exact) mass is 1740 g/mol. The maximum atomic E-state index is 13.7. The Hall–Kier alpha value is -3.01. The van der Waals surface area contributed by atoms with Crippen LogP contribution in [0.4, 0.5) is 63.5 Å². The van der Waals surface area contributed by atoms with Crippen molar-refractivity contribution in [3.8, 4) is 0 Å². The van der Waals surface area contributed by atoms with Crippen LogP contribution in [0.3, 0.4) is 0 Å². The molecule has 4 aromatic heterocycles. The van der Waals surface area contributed by atoms with Crippen LogP contribution in [0.5, 0.6) is 0 Å². The van der Waals surface area contributed by atoms with Gasteiger partial charge in [-0.2, -0.15) is 30.7 Å². The molecule has 5 atom stereocenters. The van der Waals surface area contributed by atoms with Gasteiger partial charge in [-0.1, -0.05) is 0 Å². The maximum absolute atomic E-state index is 13.7. The fourth-order valence-electron chi connectivity index (χ4n) is 8.74. The Bertz CT molecular complexity index is 3550. The van der Waals surface area contributed by atoms with Crippen molar-refractivity contribution in [3.63, 3.8) is 0 Å². The second-order valence-corrected chi connectivity index (χ2v) is 34.6. The molecule has 25 nitrogen and oxygen atoms in total. The zero-order valence-corrected chi connectivity index (χ0v) is 77.0. The first-order chi connectivity index (χ1) is 45.8. The Morgan fingerprint density at radius 2 is 0.941 bits per heavy atom. The number of rotatable bonds is 8. The second kappa shape index (κ2) is 42.1. The number of pyridine rings is 4. The summed E-state index contributed by atoms with van der Waals surface area (Å²) in [6, 6.07) is 8.44. The van der Waals surface area contributed by atoms with E-state index in [1.807, 2.05) is 89.2 Å². The summed E-state index contributed by atoms with van der Waals surface area (Å²) in [5.41, 5.74) is 9.42. The number of hydrogen-bond donors (Lipinski definition) is 4. The van der Waals surface area contributed by atoms with Gasteiger partial charge in [-0.05, 0) is 225 Å². The molecule has 0 aliphatic carbocycles. The summed E-state index contributed by atoms with van der Waals surface area (Å²) < 4.78 is 134. The zero-order valence-electron chi connectivity index (χ0n) is 63.0. The van der Waals surface area contributed by atoms with Gasteiger partial charge in [0.15, 0.2) is 12.3 Å². The molecule has 4 aromatic rings. The molecule has 3 amide bonds. The van der Waals surface area contributed by atoms with E-state index >= 15 is 0 Å². The van der Waals surface area contributed by atoms with Gasteiger partial charge in [-0.15, -0.1) is 0 Å². The predicted octanol–water partition coefficient (Wildman–Crippen LogP) is 5.62. The number of amides is 3. The first kappa shape index (κ1) is 97.0. The van der Waals surface area contributed by atoms with Crippen molar-refractivity contribution in [2.75, 3.05) is 46.2 Å². The number of aryl methyl sites for hydroxylation is 4. The van der Waals surface area contributed by atoms with E-state index in [1.54, 1.807) is 75.6 Å². The average molecular weight is 1740 g/mol. The number of nitrogens with zero attached hydrogens (tertiary/aromatic N) is 8. The molecule has 36 heteroatoms. The summed E-state index contributed by atoms with van der Waals surface area (Å²) in [6.07, 6.45) is -2.37. The first-order valence-corrected chi connectivity index (χ1v) is 35.4. The van der Waals surface area contributed by atoms with E-state index in [4.69, 9.17) is 35.1 Å². The van der Waals surface area contributed by atoms with Crippen LogP contribution < -0.4 is 179 Å². The molecule has 6 N–H and O–H groups in total. The van der Waals surface area contributed by atoms with Gasteiger partial charge in [0.1, 0.15) is 39.5 Å². The summed E-state index contributed by atoms with van der Waals surface area (Å²) in [6.45, 7) is 34.5. The molecule has 0 aromatic carbocycles. The molecule has 8 rings (SSSR count). The first-order valence-electron chi connectivity index (χ1n) is 31.9. The Morgan fingerprint density at radius 1 is 0.569 bits per heavy atom. The predicted molar refractivity (Wildman–Crippen MR) is 373 cm³/mol. The Kier molecular flexibility index (Phi) is 40.0. The number of ether oxygens (including phenoxy) is 3. The third-order valence-electron chi connectivity index (χ3n) is 13.6. The van der Waals surface area contributed by atoms with Crippen molar-refractivity contribution in [1.82, 2.24) is 24.7 Å². The van der Waals surface area contributed by atoms with Gasteiger partial charge in [0.2, 0.25) is 0 Å². The molecule has 8 heterocycles. The van der Waals surface area contributed by atoms with E-state index in [0.717, 1.165) is 67.1 Å². The number of nitrogens with two attached hydrogens (primary N) is 2. The van der Waals surface area contributed by atoms with E-state index in [1.165, 1.54) is 29.3 Å². The van der Waals surface area contributed by atoms with Crippen molar-refractivity contribution >= 4 is 93.0 Å². The summed E-state index contributed by atoms with van der Waals surface area (Å²) in [5.74, 6) is 0. The third-order valence-corrected chi connectivity index (χ3v) is 17.7. The van der Waals surface area contributed by atoms with E-state index in [0.29, 0.717) is 73.6 Å². The summed E-state index contributed by atoms with van der Waals surface area (Å²) in [4.78, 5) is 80.5. The van der Waals surface area contributed by atoms with Crippen LogP contribution in [0.2, 0.25) is 0 Å². The van der Waals surface area contributed by atoms with Crippen molar-refractivity contribution < 1.29 is 227 Å². The molecule has 0 fully saturated rings. The number of aromatic nitrogens is 4. The minimum Gasteiger partial charge on any atom is -1.00 e. The topological polar surface area (TPSA) is 346 Å². The van der Waals surface area contributed by atoms with Crippen LogP contribution in [0.1, 0.15) is 214 Å². The van der Waals surface area contributed by atoms with Gasteiger partial charge in [-0.25, -0.2) is 41.7 Å². The van der Waals surface area contributed by atoms with E-state index in [-0.39, 0.29) is 174 Å². The fraction of sp³-hybridized carbons (Fsp3) is 0.606. The van der Waals surface area contributed by atoms with Crippen molar-refractivity contribution in [2.24, 2.45) is 15.3 Å². The van der Waals surface area contributed by atoms with Crippen LogP contribution in [0, 0.1) is 0 Å². The summed E-state index contributed by atoms with van der Waals surface area (Å²) in [7, 11) is -4.44. The third kappa shape index (κ3) is 33.6. The van der Waals surface area contributed by atoms with Crippen molar-refractivity contribution in [3.05, 3.63) is 94.1 Å². The van der Waals surface area contributed by atoms with Gasteiger partial charge in [0.25, 0.3) is 6.47 Å². The van der Waals surface area contributed by atoms with E-state index in [9.17, 15) is 58.1 Å². The molecule has 0 unspecified atom stereocenters. The average Bonchev–Trinajstić information content (AvgIpc) is 0.805. The zero-order chi connectivity index (χ0) is 76.3. The number of hydrogen-bond acceptors (Lipinski definition) is 19. The van der Waals surface area contributed by atoms with Crippen LogP contribution in [-0.4, -0.2) is 139 Å². The van der Waals surface area contributed by atoms with Crippen LogP contribution >= 0.6 is 0 Å². The number of alkyl halides is 6. The van der Waals surface area contributed by atoms with E-state index < -0.39 is 89.8 Å². The molecular weight excluding hydrogens is 1640 g/mol. The molecule has 4 aliphatic heterocycles. The molecular formula is C66H98Cs2F6N12O13S3. The van der Waals surface area contributed by atoms with Gasteiger partial charge in [0.05, 0.1) is 105 Å². The normalized spacial score (nSPS) is 15.9. The van der Waals surface area contributed by atoms with Crippen LogP contribution in [0.15, 0.2) is 52.9 Å². The number of nitrogens with one attached hydrogen (secondary N) is 2. The smallest absolute Gasteiger partial charge is 1.00 e. The Morgan fingerprint density at radius 3 is 1.30 bits per heavy atom. The molecule has 0 radical (unpaired) electrons. The molecule has 562 valence electrons. The Labute approximate surface area is 721 Å². The van der Waals surface area contributed by atoms with Crippen molar-refractivity contribution in [1.29, 1.82) is 0 Å². The molecule has 0 spiro atoms. The number of carbonyl (C=O) groups is 5.